The van der Waals surface area contributed by atoms with E-state index in [1.807, 2.05) is 37.3 Å². The number of benzene rings is 2. The first kappa shape index (κ1) is 29.0. The third kappa shape index (κ3) is 7.95. The first-order chi connectivity index (χ1) is 18.3. The van der Waals surface area contributed by atoms with Crippen LogP contribution in [0.1, 0.15) is 43.7 Å². The van der Waals surface area contributed by atoms with Crippen LogP contribution in [0.4, 0.5) is 10.5 Å². The minimum Gasteiger partial charge on any atom is -0.469 e. The molecule has 0 saturated carbocycles. The quantitative estimate of drug-likeness (QED) is 0.431. The zero-order chi connectivity index (χ0) is 27.5. The highest BCUT2D eigenvalue weighted by Crippen LogP contribution is 2.33. The molecule has 204 valence electrons. The molecular weight excluding hydrogens is 510 g/mol. The van der Waals surface area contributed by atoms with Gasteiger partial charge < -0.3 is 19.7 Å². The molecule has 1 heterocycles. The number of amides is 3. The van der Waals surface area contributed by atoms with Crippen molar-refractivity contribution in [3.63, 3.8) is 0 Å². The van der Waals surface area contributed by atoms with Gasteiger partial charge in [-0.1, -0.05) is 48.9 Å². The average molecular weight is 544 g/mol. The van der Waals surface area contributed by atoms with Crippen molar-refractivity contribution < 1.29 is 28.7 Å². The van der Waals surface area contributed by atoms with Gasteiger partial charge in [-0.25, -0.2) is 4.79 Å². The molecule has 0 aromatic heterocycles. The SMILES string of the molecule is CCc1ccc(NC(=O)OCC2(C(=O)NCc3ccccc3Cl)CCN(C(=O)CCC(=O)OC)CC2)cc1. The number of hydrogen-bond acceptors (Lipinski definition) is 6. The summed E-state index contributed by atoms with van der Waals surface area (Å²) >= 11 is 6.24. The van der Waals surface area contributed by atoms with Crippen molar-refractivity contribution in [1.29, 1.82) is 0 Å². The molecule has 0 bridgehead atoms. The van der Waals surface area contributed by atoms with Crippen LogP contribution < -0.4 is 10.6 Å². The molecule has 0 atom stereocenters. The van der Waals surface area contributed by atoms with Crippen molar-refractivity contribution >= 4 is 41.2 Å². The number of methoxy groups -OCH3 is 1. The Morgan fingerprint density at radius 1 is 1.00 bits per heavy atom. The number of carbonyl (C=O) groups excluding carboxylic acids is 4. The van der Waals surface area contributed by atoms with Crippen molar-refractivity contribution in [3.05, 3.63) is 64.7 Å². The summed E-state index contributed by atoms with van der Waals surface area (Å²) in [5.74, 6) is -0.916. The fourth-order valence-corrected chi connectivity index (χ4v) is 4.48. The number of hydrogen-bond donors (Lipinski definition) is 2. The van der Waals surface area contributed by atoms with Crippen molar-refractivity contribution in [2.24, 2.45) is 5.41 Å². The molecule has 0 unspecified atom stereocenters. The molecule has 2 N–H and O–H groups in total. The van der Waals surface area contributed by atoms with Crippen molar-refractivity contribution in [1.82, 2.24) is 10.2 Å². The lowest BCUT2D eigenvalue weighted by molar-refractivity contribution is -0.146. The molecule has 0 radical (unpaired) electrons. The Morgan fingerprint density at radius 3 is 2.32 bits per heavy atom. The Kier molecular flexibility index (Phi) is 10.5. The minimum atomic E-state index is -1.02. The van der Waals surface area contributed by atoms with E-state index in [2.05, 4.69) is 15.4 Å². The number of nitrogens with one attached hydrogen (secondary N) is 2. The second-order valence-electron chi connectivity index (χ2n) is 9.26. The zero-order valence-electron chi connectivity index (χ0n) is 21.8. The number of carbonyl (C=O) groups is 4. The number of esters is 1. The van der Waals surface area contributed by atoms with E-state index in [-0.39, 0.29) is 37.8 Å². The molecule has 0 spiro atoms. The number of ether oxygens (including phenoxy) is 2. The van der Waals surface area contributed by atoms with Gasteiger partial charge in [-0.05, 0) is 48.6 Å². The lowest BCUT2D eigenvalue weighted by Crippen LogP contribution is -2.52. The highest BCUT2D eigenvalue weighted by molar-refractivity contribution is 6.31. The van der Waals surface area contributed by atoms with Gasteiger partial charge in [0.25, 0.3) is 0 Å². The van der Waals surface area contributed by atoms with Gasteiger partial charge in [-0.3, -0.25) is 19.7 Å². The van der Waals surface area contributed by atoms with Crippen LogP contribution in [-0.2, 0) is 36.8 Å². The first-order valence-electron chi connectivity index (χ1n) is 12.7. The minimum absolute atomic E-state index is 0.00217. The lowest BCUT2D eigenvalue weighted by Gasteiger charge is -2.40. The van der Waals surface area contributed by atoms with Gasteiger partial charge >= 0.3 is 12.1 Å². The third-order valence-electron chi connectivity index (χ3n) is 6.81. The standard InChI is InChI=1S/C28H34ClN3O6/c1-3-20-8-10-22(11-9-20)31-27(36)38-19-28(26(35)30-18-21-6-4-5-7-23(21)29)14-16-32(17-15-28)24(33)12-13-25(34)37-2/h4-11H,3,12-19H2,1-2H3,(H,30,35)(H,31,36). The van der Waals surface area contributed by atoms with Crippen molar-refractivity contribution in [2.75, 3.05) is 32.1 Å². The van der Waals surface area contributed by atoms with Crippen molar-refractivity contribution in [3.8, 4) is 0 Å². The Bertz CT molecular complexity index is 1130. The summed E-state index contributed by atoms with van der Waals surface area (Å²) < 4.78 is 10.1. The Morgan fingerprint density at radius 2 is 1.68 bits per heavy atom. The van der Waals surface area contributed by atoms with Gasteiger partial charge in [-0.15, -0.1) is 0 Å². The summed E-state index contributed by atoms with van der Waals surface area (Å²) in [7, 11) is 1.28. The first-order valence-corrected chi connectivity index (χ1v) is 13.0. The molecule has 1 aliphatic heterocycles. The smallest absolute Gasteiger partial charge is 0.411 e. The molecule has 2 aromatic rings. The van der Waals surface area contributed by atoms with Gasteiger partial charge in [-0.2, -0.15) is 0 Å². The number of halogens is 1. The maximum Gasteiger partial charge on any atom is 0.411 e. The average Bonchev–Trinajstić information content (AvgIpc) is 2.94. The summed E-state index contributed by atoms with van der Waals surface area (Å²) in [5.41, 5.74) is 1.48. The zero-order valence-corrected chi connectivity index (χ0v) is 22.5. The van der Waals surface area contributed by atoms with Crippen LogP contribution in [0.25, 0.3) is 0 Å². The third-order valence-corrected chi connectivity index (χ3v) is 7.18. The van der Waals surface area contributed by atoms with E-state index < -0.39 is 17.5 Å². The number of aryl methyl sites for hydroxylation is 1. The molecule has 1 fully saturated rings. The molecule has 9 nitrogen and oxygen atoms in total. The predicted molar refractivity (Wildman–Crippen MR) is 144 cm³/mol. The van der Waals surface area contributed by atoms with Gasteiger partial charge in [0.2, 0.25) is 11.8 Å². The topological polar surface area (TPSA) is 114 Å². The van der Waals surface area contributed by atoms with Crippen LogP contribution in [0.5, 0.6) is 0 Å². The number of rotatable bonds is 10. The van der Waals surface area contributed by atoms with Gasteiger partial charge in [0.15, 0.2) is 0 Å². The van der Waals surface area contributed by atoms with Gasteiger partial charge in [0.05, 0.1) is 18.9 Å². The highest BCUT2D eigenvalue weighted by Gasteiger charge is 2.43. The van der Waals surface area contributed by atoms with Gasteiger partial charge in [0.1, 0.15) is 6.61 Å². The van der Waals surface area contributed by atoms with E-state index in [1.165, 1.54) is 7.11 Å². The summed E-state index contributed by atoms with van der Waals surface area (Å²) in [5, 5.41) is 6.16. The van der Waals surface area contributed by atoms with Crippen LogP contribution in [0.15, 0.2) is 48.5 Å². The molecule has 1 aliphatic rings. The summed E-state index contributed by atoms with van der Waals surface area (Å²) in [6.07, 6.45) is 0.849. The van der Waals surface area contributed by atoms with E-state index in [1.54, 1.807) is 23.1 Å². The van der Waals surface area contributed by atoms with Crippen LogP contribution in [0, 0.1) is 5.41 Å². The van der Waals surface area contributed by atoms with Gasteiger partial charge in [0, 0.05) is 36.8 Å². The largest absolute Gasteiger partial charge is 0.469 e. The molecule has 1 saturated heterocycles. The Balaban J connectivity index is 1.65. The maximum absolute atomic E-state index is 13.4. The normalized spacial score (nSPS) is 14.3. The number of anilines is 1. The predicted octanol–water partition coefficient (Wildman–Crippen LogP) is 4.33. The van der Waals surface area contributed by atoms with E-state index in [0.29, 0.717) is 36.6 Å². The number of nitrogens with zero attached hydrogens (tertiary/aromatic N) is 1. The fourth-order valence-electron chi connectivity index (χ4n) is 4.28. The number of likely N-dealkylation sites (tertiary alicyclic amines) is 1. The number of piperidine rings is 1. The Hall–Kier alpha value is -3.59. The summed E-state index contributed by atoms with van der Waals surface area (Å²) in [4.78, 5) is 51.6. The van der Waals surface area contributed by atoms with Crippen molar-refractivity contribution in [2.45, 2.75) is 45.6 Å². The van der Waals surface area contributed by atoms with Crippen LogP contribution >= 0.6 is 11.6 Å². The molecule has 10 heteroatoms. The van der Waals surface area contributed by atoms with Crippen LogP contribution in [0.3, 0.4) is 0 Å². The molecule has 3 amide bonds. The molecule has 38 heavy (non-hydrogen) atoms. The van der Waals surface area contributed by atoms with E-state index >= 15 is 0 Å². The van der Waals surface area contributed by atoms with E-state index in [0.717, 1.165) is 17.5 Å². The molecule has 2 aromatic carbocycles. The second-order valence-corrected chi connectivity index (χ2v) is 9.67. The maximum atomic E-state index is 13.4. The van der Waals surface area contributed by atoms with Crippen LogP contribution in [-0.4, -0.2) is 55.6 Å². The van der Waals surface area contributed by atoms with E-state index in [4.69, 9.17) is 16.3 Å². The lowest BCUT2D eigenvalue weighted by atomic mass is 9.78. The monoisotopic (exact) mass is 543 g/mol. The summed E-state index contributed by atoms with van der Waals surface area (Å²) in [6, 6.07) is 14.7. The Labute approximate surface area is 227 Å². The molecule has 3 rings (SSSR count). The molecule has 0 aliphatic carbocycles. The molecular formula is C28H34ClN3O6. The fraction of sp³-hybridized carbons (Fsp3) is 0.429. The second kappa shape index (κ2) is 13.8. The van der Waals surface area contributed by atoms with E-state index in [9.17, 15) is 19.2 Å². The summed E-state index contributed by atoms with van der Waals surface area (Å²) in [6.45, 7) is 2.71. The van der Waals surface area contributed by atoms with Crippen LogP contribution in [0.2, 0.25) is 5.02 Å². The highest BCUT2D eigenvalue weighted by atomic mass is 35.5.